The molecule has 1 heterocycles. The Morgan fingerprint density at radius 1 is 1.12 bits per heavy atom. The number of nitrogens with one attached hydrogen (secondary N) is 2. The van der Waals surface area contributed by atoms with Gasteiger partial charge < -0.3 is 15.7 Å². The van der Waals surface area contributed by atoms with Crippen molar-refractivity contribution in [3.63, 3.8) is 0 Å². The second-order valence-corrected chi connectivity index (χ2v) is 5.62. The molecule has 2 amide bonds. The highest BCUT2D eigenvalue weighted by atomic mass is 16.4. The Morgan fingerprint density at radius 3 is 2.56 bits per heavy atom. The number of carbonyl (C=O) groups is 3. The van der Waals surface area contributed by atoms with Crippen LogP contribution < -0.4 is 10.6 Å². The zero-order chi connectivity index (χ0) is 17.8. The van der Waals surface area contributed by atoms with Crippen LogP contribution in [0.4, 0.5) is 0 Å². The molecule has 0 radical (unpaired) electrons. The van der Waals surface area contributed by atoms with Gasteiger partial charge in [0.25, 0.3) is 5.91 Å². The largest absolute Gasteiger partial charge is 0.478 e. The highest BCUT2D eigenvalue weighted by Crippen LogP contribution is 2.25. The fraction of sp³-hybridized carbons (Fsp3) is 0.105. The molecule has 1 unspecified atom stereocenters. The number of aromatic carboxylic acids is 1. The molecular weight excluding hydrogens is 320 g/mol. The lowest BCUT2D eigenvalue weighted by molar-refractivity contribution is -0.116. The van der Waals surface area contributed by atoms with Crippen LogP contribution in [0.5, 0.6) is 0 Å². The van der Waals surface area contributed by atoms with E-state index in [1.807, 2.05) is 12.1 Å². The molecule has 0 saturated heterocycles. The maximum Gasteiger partial charge on any atom is 0.335 e. The molecule has 25 heavy (non-hydrogen) atoms. The van der Waals surface area contributed by atoms with Crippen molar-refractivity contribution >= 4 is 17.8 Å². The van der Waals surface area contributed by atoms with E-state index < -0.39 is 5.97 Å². The van der Waals surface area contributed by atoms with Crippen LogP contribution in [0.1, 0.15) is 37.9 Å². The van der Waals surface area contributed by atoms with Gasteiger partial charge in [0.2, 0.25) is 5.91 Å². The molecule has 3 N–H and O–H groups in total. The molecule has 1 aliphatic rings. The monoisotopic (exact) mass is 336 g/mol. The van der Waals surface area contributed by atoms with Crippen molar-refractivity contribution in [3.8, 4) is 0 Å². The van der Waals surface area contributed by atoms with Gasteiger partial charge in [-0.3, -0.25) is 9.59 Å². The van der Waals surface area contributed by atoms with Crippen molar-refractivity contribution in [2.75, 3.05) is 0 Å². The second-order valence-electron chi connectivity index (χ2n) is 5.62. The number of benzene rings is 2. The van der Waals surface area contributed by atoms with Crippen molar-refractivity contribution < 1.29 is 19.5 Å². The predicted molar refractivity (Wildman–Crippen MR) is 91.0 cm³/mol. The standard InChI is InChI=1S/C19H16N2O4/c22-17(20-11-12-5-7-13(8-6-12)19(24)25)10-9-16-14-3-1-2-4-15(14)18(23)21-16/h1-10,16H,11H2,(H,20,22)(H,21,23)(H,24,25). The minimum absolute atomic E-state index is 0.149. The van der Waals surface area contributed by atoms with E-state index in [9.17, 15) is 14.4 Å². The molecule has 0 saturated carbocycles. The van der Waals surface area contributed by atoms with Gasteiger partial charge in [0.15, 0.2) is 0 Å². The molecule has 0 fully saturated rings. The molecule has 0 aromatic heterocycles. The summed E-state index contributed by atoms with van der Waals surface area (Å²) in [5.41, 5.74) is 2.47. The summed E-state index contributed by atoms with van der Waals surface area (Å²) < 4.78 is 0. The van der Waals surface area contributed by atoms with Crippen molar-refractivity contribution in [1.29, 1.82) is 0 Å². The number of amides is 2. The predicted octanol–water partition coefficient (Wildman–Crippen LogP) is 2.04. The quantitative estimate of drug-likeness (QED) is 0.728. The first-order chi connectivity index (χ1) is 12.0. The molecule has 2 aromatic rings. The lowest BCUT2D eigenvalue weighted by Gasteiger charge is -2.06. The maximum atomic E-state index is 11.9. The molecule has 6 heteroatoms. The van der Waals surface area contributed by atoms with Crippen molar-refractivity contribution in [2.45, 2.75) is 12.6 Å². The van der Waals surface area contributed by atoms with Gasteiger partial charge in [-0.1, -0.05) is 36.4 Å². The van der Waals surface area contributed by atoms with E-state index in [1.165, 1.54) is 18.2 Å². The van der Waals surface area contributed by atoms with Gasteiger partial charge in [-0.15, -0.1) is 0 Å². The van der Waals surface area contributed by atoms with Crippen LogP contribution in [0.15, 0.2) is 60.7 Å². The van der Waals surface area contributed by atoms with Gasteiger partial charge in [0.05, 0.1) is 11.6 Å². The highest BCUT2D eigenvalue weighted by Gasteiger charge is 2.25. The van der Waals surface area contributed by atoms with Gasteiger partial charge in [-0.05, 0) is 29.3 Å². The van der Waals surface area contributed by atoms with E-state index in [4.69, 9.17) is 5.11 Å². The molecule has 1 aliphatic heterocycles. The van der Waals surface area contributed by atoms with E-state index in [0.717, 1.165) is 11.1 Å². The van der Waals surface area contributed by atoms with Crippen LogP contribution in [-0.4, -0.2) is 22.9 Å². The Morgan fingerprint density at radius 2 is 1.84 bits per heavy atom. The van der Waals surface area contributed by atoms with Crippen LogP contribution in [0.3, 0.4) is 0 Å². The molecule has 2 aromatic carbocycles. The molecule has 1 atom stereocenters. The summed E-state index contributed by atoms with van der Waals surface area (Å²) in [6.45, 7) is 0.288. The molecule has 0 bridgehead atoms. The van der Waals surface area contributed by atoms with Crippen LogP contribution in [0, 0.1) is 0 Å². The summed E-state index contributed by atoms with van der Waals surface area (Å²) in [6, 6.07) is 13.2. The summed E-state index contributed by atoms with van der Waals surface area (Å²) >= 11 is 0. The number of carboxylic acids is 1. The van der Waals surface area contributed by atoms with Gasteiger partial charge in [-0.2, -0.15) is 0 Å². The van der Waals surface area contributed by atoms with Gasteiger partial charge in [0.1, 0.15) is 0 Å². The Bertz CT molecular complexity index is 856. The second kappa shape index (κ2) is 7.00. The minimum Gasteiger partial charge on any atom is -0.478 e. The molecule has 6 nitrogen and oxygen atoms in total. The van der Waals surface area contributed by atoms with Crippen LogP contribution in [-0.2, 0) is 11.3 Å². The summed E-state index contributed by atoms with van der Waals surface area (Å²) in [5.74, 6) is -1.43. The molecule has 0 spiro atoms. The van der Waals surface area contributed by atoms with Crippen molar-refractivity contribution in [1.82, 2.24) is 10.6 Å². The highest BCUT2D eigenvalue weighted by molar-refractivity contribution is 5.99. The van der Waals surface area contributed by atoms with Gasteiger partial charge >= 0.3 is 5.97 Å². The van der Waals surface area contributed by atoms with E-state index in [2.05, 4.69) is 10.6 Å². The molecular formula is C19H16N2O4. The zero-order valence-electron chi connectivity index (χ0n) is 13.2. The third-order valence-electron chi connectivity index (χ3n) is 3.93. The third-order valence-corrected chi connectivity index (χ3v) is 3.93. The van der Waals surface area contributed by atoms with Crippen LogP contribution in [0.2, 0.25) is 0 Å². The summed E-state index contributed by atoms with van der Waals surface area (Å²) in [5, 5.41) is 14.4. The van der Waals surface area contributed by atoms with Crippen LogP contribution >= 0.6 is 0 Å². The first-order valence-corrected chi connectivity index (χ1v) is 7.72. The normalized spacial score (nSPS) is 15.7. The minimum atomic E-state index is -0.989. The lowest BCUT2D eigenvalue weighted by Crippen LogP contribution is -2.22. The molecule has 126 valence electrons. The average Bonchev–Trinajstić information content (AvgIpc) is 2.95. The average molecular weight is 336 g/mol. The number of carboxylic acid groups (broad SMARTS) is 1. The third kappa shape index (κ3) is 3.74. The lowest BCUT2D eigenvalue weighted by atomic mass is 10.0. The van der Waals surface area contributed by atoms with E-state index in [-0.39, 0.29) is 30.0 Å². The number of fused-ring (bicyclic) bond motifs is 1. The first-order valence-electron chi connectivity index (χ1n) is 7.72. The number of rotatable bonds is 5. The topological polar surface area (TPSA) is 95.5 Å². The van der Waals surface area contributed by atoms with Gasteiger partial charge in [0, 0.05) is 18.2 Å². The zero-order valence-corrected chi connectivity index (χ0v) is 13.2. The Balaban J connectivity index is 1.57. The summed E-state index contributed by atoms with van der Waals surface area (Å²) in [6.07, 6.45) is 3.03. The fourth-order valence-corrected chi connectivity index (χ4v) is 2.62. The molecule has 0 aliphatic carbocycles. The maximum absolute atomic E-state index is 11.9. The Hall–Kier alpha value is -3.41. The van der Waals surface area contributed by atoms with E-state index in [1.54, 1.807) is 30.3 Å². The fourth-order valence-electron chi connectivity index (χ4n) is 2.62. The SMILES string of the molecule is O=C(C=CC1NC(=O)c2ccccc21)NCc1ccc(C(=O)O)cc1. The number of hydrogen-bond acceptors (Lipinski definition) is 3. The summed E-state index contributed by atoms with van der Waals surface area (Å²) in [7, 11) is 0. The smallest absolute Gasteiger partial charge is 0.335 e. The Labute approximate surface area is 144 Å². The van der Waals surface area contributed by atoms with Crippen molar-refractivity contribution in [2.24, 2.45) is 0 Å². The Kier molecular flexibility index (Phi) is 4.61. The van der Waals surface area contributed by atoms with Crippen LogP contribution in [0.25, 0.3) is 0 Å². The number of carbonyl (C=O) groups excluding carboxylic acids is 2. The van der Waals surface area contributed by atoms with Gasteiger partial charge in [-0.25, -0.2) is 4.79 Å². The first kappa shape index (κ1) is 16.4. The van der Waals surface area contributed by atoms with E-state index >= 15 is 0 Å². The van der Waals surface area contributed by atoms with E-state index in [0.29, 0.717) is 5.56 Å². The summed E-state index contributed by atoms with van der Waals surface area (Å²) in [4.78, 5) is 34.5. The molecule has 3 rings (SSSR count). The van der Waals surface area contributed by atoms with Crippen molar-refractivity contribution in [3.05, 3.63) is 82.9 Å². The number of hydrogen-bond donors (Lipinski definition) is 3.